The normalized spacial score (nSPS) is 10.7. The first kappa shape index (κ1) is 12.8. The largest absolute Gasteiger partial charge is 0.454 e. The molecule has 4 rings (SSSR count). The van der Waals surface area contributed by atoms with E-state index in [-0.39, 0.29) is 0 Å². The summed E-state index contributed by atoms with van der Waals surface area (Å²) in [7, 11) is 0. The quantitative estimate of drug-likeness (QED) is 0.518. The molecule has 22 heavy (non-hydrogen) atoms. The zero-order valence-corrected chi connectivity index (χ0v) is 12.3. The molecule has 0 N–H and O–H groups in total. The number of para-hydroxylation sites is 1. The van der Waals surface area contributed by atoms with Gasteiger partial charge >= 0.3 is 0 Å². The number of fused-ring (bicyclic) bond motifs is 1. The minimum Gasteiger partial charge on any atom is -0.454 e. The van der Waals surface area contributed by atoms with Gasteiger partial charge in [-0.1, -0.05) is 24.3 Å². The van der Waals surface area contributed by atoms with Gasteiger partial charge in [-0.15, -0.1) is 11.3 Å². The Kier molecular flexibility index (Phi) is 2.99. The lowest BCUT2D eigenvalue weighted by Crippen LogP contribution is -1.80. The standard InChI is InChI=1S/C18H10N2OS/c19-11-12-5-1-2-6-13(12)15-9-10-16(21-15)18-20-14-7-3-4-8-17(14)22-18/h1-10H. The first-order chi connectivity index (χ1) is 10.8. The van der Waals surface area contributed by atoms with Crippen LogP contribution in [0.1, 0.15) is 5.56 Å². The summed E-state index contributed by atoms with van der Waals surface area (Å²) < 4.78 is 7.06. The third-order valence-corrected chi connectivity index (χ3v) is 4.47. The van der Waals surface area contributed by atoms with Crippen LogP contribution >= 0.6 is 11.3 Å². The smallest absolute Gasteiger partial charge is 0.163 e. The predicted molar refractivity (Wildman–Crippen MR) is 87.5 cm³/mol. The van der Waals surface area contributed by atoms with Gasteiger partial charge in [0.25, 0.3) is 0 Å². The van der Waals surface area contributed by atoms with Crippen molar-refractivity contribution >= 4 is 21.6 Å². The van der Waals surface area contributed by atoms with Crippen LogP contribution in [0.15, 0.2) is 65.1 Å². The van der Waals surface area contributed by atoms with Crippen molar-refractivity contribution in [1.29, 1.82) is 5.26 Å². The molecule has 0 fully saturated rings. The van der Waals surface area contributed by atoms with Crippen molar-refractivity contribution in [2.24, 2.45) is 0 Å². The maximum atomic E-state index is 9.20. The van der Waals surface area contributed by atoms with E-state index in [2.05, 4.69) is 11.1 Å². The van der Waals surface area contributed by atoms with E-state index in [9.17, 15) is 5.26 Å². The Morgan fingerprint density at radius 3 is 2.55 bits per heavy atom. The molecule has 0 saturated carbocycles. The van der Waals surface area contributed by atoms with Crippen LogP contribution in [-0.4, -0.2) is 4.98 Å². The molecule has 0 spiro atoms. The summed E-state index contributed by atoms with van der Waals surface area (Å²) in [6.45, 7) is 0. The summed E-state index contributed by atoms with van der Waals surface area (Å²) >= 11 is 1.60. The van der Waals surface area contributed by atoms with E-state index in [0.29, 0.717) is 11.3 Å². The molecule has 0 radical (unpaired) electrons. The maximum Gasteiger partial charge on any atom is 0.163 e. The molecular formula is C18H10N2OS. The van der Waals surface area contributed by atoms with Gasteiger partial charge in [-0.2, -0.15) is 5.26 Å². The monoisotopic (exact) mass is 302 g/mol. The van der Waals surface area contributed by atoms with Crippen LogP contribution in [0.25, 0.3) is 32.3 Å². The number of hydrogen-bond donors (Lipinski definition) is 0. The summed E-state index contributed by atoms with van der Waals surface area (Å²) in [5.74, 6) is 1.41. The molecule has 104 valence electrons. The van der Waals surface area contributed by atoms with E-state index >= 15 is 0 Å². The van der Waals surface area contributed by atoms with E-state index in [1.807, 2.05) is 54.6 Å². The topological polar surface area (TPSA) is 49.8 Å². The molecule has 0 bridgehead atoms. The Bertz CT molecular complexity index is 974. The van der Waals surface area contributed by atoms with E-state index < -0.39 is 0 Å². The first-order valence-corrected chi connectivity index (χ1v) is 7.62. The lowest BCUT2D eigenvalue weighted by atomic mass is 10.1. The SMILES string of the molecule is N#Cc1ccccc1-c1ccc(-c2nc3ccccc3s2)o1. The van der Waals surface area contributed by atoms with E-state index in [4.69, 9.17) is 4.42 Å². The average Bonchev–Trinajstić information content (AvgIpc) is 3.21. The van der Waals surface area contributed by atoms with Gasteiger partial charge in [0, 0.05) is 5.56 Å². The molecule has 0 atom stereocenters. The van der Waals surface area contributed by atoms with Gasteiger partial charge in [0.05, 0.1) is 21.8 Å². The number of aromatic nitrogens is 1. The highest BCUT2D eigenvalue weighted by atomic mass is 32.1. The number of furan rings is 1. The Morgan fingerprint density at radius 2 is 1.68 bits per heavy atom. The molecule has 0 amide bonds. The Morgan fingerprint density at radius 1 is 0.909 bits per heavy atom. The minimum absolute atomic E-state index is 0.604. The molecule has 4 heteroatoms. The van der Waals surface area contributed by atoms with Crippen molar-refractivity contribution in [1.82, 2.24) is 4.98 Å². The molecule has 4 aromatic rings. The van der Waals surface area contributed by atoms with Crippen LogP contribution in [0, 0.1) is 11.3 Å². The van der Waals surface area contributed by atoms with Gasteiger partial charge in [-0.25, -0.2) is 4.98 Å². The van der Waals surface area contributed by atoms with Crippen LogP contribution in [0.2, 0.25) is 0 Å². The third-order valence-electron chi connectivity index (χ3n) is 3.42. The molecule has 0 unspecified atom stereocenters. The summed E-state index contributed by atoms with van der Waals surface area (Å²) in [4.78, 5) is 4.59. The molecule has 0 aliphatic heterocycles. The molecule has 0 aliphatic carbocycles. The van der Waals surface area contributed by atoms with Crippen molar-refractivity contribution in [2.45, 2.75) is 0 Å². The number of nitrogens with zero attached hydrogens (tertiary/aromatic N) is 2. The fourth-order valence-corrected chi connectivity index (χ4v) is 3.30. The van der Waals surface area contributed by atoms with Gasteiger partial charge < -0.3 is 4.42 Å². The van der Waals surface area contributed by atoms with Crippen LogP contribution in [0.3, 0.4) is 0 Å². The van der Waals surface area contributed by atoms with E-state index in [1.54, 1.807) is 17.4 Å². The number of nitriles is 1. The summed E-state index contributed by atoms with van der Waals surface area (Å²) in [6.07, 6.45) is 0. The fourth-order valence-electron chi connectivity index (χ4n) is 2.37. The van der Waals surface area contributed by atoms with Gasteiger partial charge in [-0.3, -0.25) is 0 Å². The maximum absolute atomic E-state index is 9.20. The van der Waals surface area contributed by atoms with Crippen molar-refractivity contribution in [2.75, 3.05) is 0 Å². The minimum atomic E-state index is 0.604. The van der Waals surface area contributed by atoms with Crippen molar-refractivity contribution in [3.63, 3.8) is 0 Å². The first-order valence-electron chi connectivity index (χ1n) is 6.80. The van der Waals surface area contributed by atoms with Gasteiger partial charge in [0.15, 0.2) is 10.8 Å². The number of hydrogen-bond acceptors (Lipinski definition) is 4. The van der Waals surface area contributed by atoms with Gasteiger partial charge in [-0.05, 0) is 36.4 Å². The second-order valence-electron chi connectivity index (χ2n) is 4.81. The zero-order valence-electron chi connectivity index (χ0n) is 11.5. The number of rotatable bonds is 2. The third kappa shape index (κ3) is 2.09. The molecule has 0 saturated heterocycles. The Labute approximate surface area is 131 Å². The second kappa shape index (κ2) is 5.14. The highest BCUT2D eigenvalue weighted by Gasteiger charge is 2.13. The fraction of sp³-hybridized carbons (Fsp3) is 0. The van der Waals surface area contributed by atoms with E-state index in [0.717, 1.165) is 26.5 Å². The van der Waals surface area contributed by atoms with Crippen molar-refractivity contribution in [3.8, 4) is 28.2 Å². The molecule has 2 heterocycles. The van der Waals surface area contributed by atoms with Crippen LogP contribution in [-0.2, 0) is 0 Å². The Balaban J connectivity index is 1.80. The van der Waals surface area contributed by atoms with Gasteiger partial charge in [0.2, 0.25) is 0 Å². The Hall–Kier alpha value is -2.90. The highest BCUT2D eigenvalue weighted by Crippen LogP contribution is 2.34. The molecule has 2 aromatic carbocycles. The average molecular weight is 302 g/mol. The van der Waals surface area contributed by atoms with Crippen LogP contribution in [0.5, 0.6) is 0 Å². The summed E-state index contributed by atoms with van der Waals surface area (Å²) in [6, 6.07) is 21.4. The zero-order chi connectivity index (χ0) is 14.9. The highest BCUT2D eigenvalue weighted by molar-refractivity contribution is 7.21. The lowest BCUT2D eigenvalue weighted by molar-refractivity contribution is 0.597. The molecular weight excluding hydrogens is 292 g/mol. The van der Waals surface area contributed by atoms with Crippen LogP contribution in [0.4, 0.5) is 0 Å². The molecule has 2 aromatic heterocycles. The summed E-state index contributed by atoms with van der Waals surface area (Å²) in [5.41, 5.74) is 2.38. The summed E-state index contributed by atoms with van der Waals surface area (Å²) in [5, 5.41) is 10.0. The molecule has 0 aliphatic rings. The predicted octanol–water partition coefficient (Wildman–Crippen LogP) is 5.09. The second-order valence-corrected chi connectivity index (χ2v) is 5.84. The number of benzene rings is 2. The van der Waals surface area contributed by atoms with Crippen LogP contribution < -0.4 is 0 Å². The number of thiazole rings is 1. The molecule has 3 nitrogen and oxygen atoms in total. The lowest BCUT2D eigenvalue weighted by Gasteiger charge is -1.98. The van der Waals surface area contributed by atoms with Gasteiger partial charge in [0.1, 0.15) is 5.76 Å². The van der Waals surface area contributed by atoms with E-state index in [1.165, 1.54) is 0 Å². The van der Waals surface area contributed by atoms with Crippen molar-refractivity contribution in [3.05, 3.63) is 66.2 Å². The van der Waals surface area contributed by atoms with Crippen molar-refractivity contribution < 1.29 is 4.42 Å².